The third-order valence-corrected chi connectivity index (χ3v) is 7.68. The van der Waals surface area contributed by atoms with Gasteiger partial charge in [0.2, 0.25) is 5.82 Å². The number of ether oxygens (including phenoxy) is 1. The fourth-order valence-corrected chi connectivity index (χ4v) is 5.56. The molecule has 2 aliphatic rings. The van der Waals surface area contributed by atoms with Gasteiger partial charge in [-0.2, -0.15) is 9.61 Å². The zero-order chi connectivity index (χ0) is 24.5. The summed E-state index contributed by atoms with van der Waals surface area (Å²) in [6, 6.07) is 7.92. The first-order valence-electron chi connectivity index (χ1n) is 12.7. The van der Waals surface area contributed by atoms with Crippen LogP contribution >= 0.6 is 11.6 Å². The van der Waals surface area contributed by atoms with Crippen LogP contribution in [0.2, 0.25) is 5.02 Å². The number of methoxy groups -OCH3 is 1. The second-order valence-corrected chi connectivity index (χ2v) is 10.0. The van der Waals surface area contributed by atoms with E-state index in [1.165, 1.54) is 18.4 Å². The van der Waals surface area contributed by atoms with Gasteiger partial charge in [0.1, 0.15) is 5.69 Å². The number of aromatic nitrogens is 5. The van der Waals surface area contributed by atoms with Gasteiger partial charge in [0.05, 0.1) is 34.7 Å². The molecule has 4 aromatic rings. The number of aryl methyl sites for hydroxylation is 1. The maximum Gasteiger partial charge on any atom is 0.203 e. The third-order valence-electron chi connectivity index (χ3n) is 7.35. The summed E-state index contributed by atoms with van der Waals surface area (Å²) >= 11 is 6.54. The smallest absolute Gasteiger partial charge is 0.203 e. The van der Waals surface area contributed by atoms with Gasteiger partial charge in [-0.25, -0.2) is 4.98 Å². The summed E-state index contributed by atoms with van der Waals surface area (Å²) < 4.78 is 7.11. The molecule has 0 saturated carbocycles. The fourth-order valence-electron chi connectivity index (χ4n) is 5.34. The number of hydrogen-bond donors (Lipinski definition) is 2. The zero-order valence-corrected chi connectivity index (χ0v) is 21.3. The van der Waals surface area contributed by atoms with Crippen LogP contribution in [0.3, 0.4) is 0 Å². The van der Waals surface area contributed by atoms with Crippen LogP contribution in [0.4, 0.5) is 11.4 Å². The molecule has 0 atom stereocenters. The molecule has 5 heterocycles. The number of nitrogens with zero attached hydrogens (tertiary/aromatic N) is 6. The second kappa shape index (κ2) is 10.2. The lowest BCUT2D eigenvalue weighted by Gasteiger charge is -2.30. The Kier molecular flexibility index (Phi) is 6.60. The molecule has 1 aromatic carbocycles. The fraction of sp³-hybridized carbons (Fsp3) is 0.462. The molecule has 0 radical (unpaired) electrons. The van der Waals surface area contributed by atoms with Crippen molar-refractivity contribution in [2.75, 3.05) is 56.7 Å². The van der Waals surface area contributed by atoms with Gasteiger partial charge in [0.15, 0.2) is 5.65 Å². The summed E-state index contributed by atoms with van der Waals surface area (Å²) in [5.41, 5.74) is 5.65. The van der Waals surface area contributed by atoms with Gasteiger partial charge in [-0.05, 0) is 69.0 Å². The van der Waals surface area contributed by atoms with E-state index >= 15 is 0 Å². The molecule has 0 unspecified atom stereocenters. The van der Waals surface area contributed by atoms with Gasteiger partial charge in [-0.15, -0.1) is 10.2 Å². The first-order chi connectivity index (χ1) is 17.7. The average Bonchev–Trinajstić information content (AvgIpc) is 3.37. The van der Waals surface area contributed by atoms with E-state index < -0.39 is 0 Å². The van der Waals surface area contributed by atoms with Gasteiger partial charge in [0, 0.05) is 37.7 Å². The number of pyridine rings is 1. The maximum absolute atomic E-state index is 6.54. The normalized spacial score (nSPS) is 16.6. The van der Waals surface area contributed by atoms with Crippen LogP contribution in [0.1, 0.15) is 24.8 Å². The Bertz CT molecular complexity index is 1380. The van der Waals surface area contributed by atoms with E-state index in [0.29, 0.717) is 23.4 Å². The van der Waals surface area contributed by atoms with Crippen LogP contribution in [-0.4, -0.2) is 71.2 Å². The van der Waals surface area contributed by atoms with Crippen LogP contribution in [0, 0.1) is 5.92 Å². The minimum atomic E-state index is 0.632. The highest BCUT2D eigenvalue weighted by atomic mass is 35.5. The molecule has 6 rings (SSSR count). The zero-order valence-electron chi connectivity index (χ0n) is 20.5. The Morgan fingerprint density at radius 3 is 2.92 bits per heavy atom. The van der Waals surface area contributed by atoms with Gasteiger partial charge in [-0.1, -0.05) is 11.6 Å². The van der Waals surface area contributed by atoms with Crippen molar-refractivity contribution in [1.82, 2.24) is 30.1 Å². The number of nitrogens with one attached hydrogen (secondary N) is 2. The van der Waals surface area contributed by atoms with E-state index in [9.17, 15) is 0 Å². The van der Waals surface area contributed by atoms with E-state index in [0.717, 1.165) is 79.2 Å². The van der Waals surface area contributed by atoms with Crippen LogP contribution in [0.25, 0.3) is 28.1 Å². The number of benzene rings is 1. The van der Waals surface area contributed by atoms with E-state index in [1.807, 2.05) is 35.0 Å². The van der Waals surface area contributed by atoms with Crippen molar-refractivity contribution < 1.29 is 4.74 Å². The summed E-state index contributed by atoms with van der Waals surface area (Å²) in [7, 11) is 1.73. The molecule has 1 saturated heterocycles. The summed E-state index contributed by atoms with van der Waals surface area (Å²) in [6.07, 6.45) is 6.31. The number of anilines is 2. The molecule has 0 bridgehead atoms. The van der Waals surface area contributed by atoms with Crippen molar-refractivity contribution >= 4 is 39.5 Å². The first-order valence-corrected chi connectivity index (χ1v) is 13.1. The molecule has 36 heavy (non-hydrogen) atoms. The minimum Gasteiger partial charge on any atom is -0.383 e. The Balaban J connectivity index is 1.36. The van der Waals surface area contributed by atoms with E-state index in [4.69, 9.17) is 26.4 Å². The molecule has 2 aliphatic heterocycles. The molecule has 1 fully saturated rings. The second-order valence-electron chi connectivity index (χ2n) is 9.61. The van der Waals surface area contributed by atoms with Crippen molar-refractivity contribution in [3.05, 3.63) is 41.0 Å². The van der Waals surface area contributed by atoms with Crippen LogP contribution in [0.5, 0.6) is 0 Å². The van der Waals surface area contributed by atoms with Crippen molar-refractivity contribution in [2.24, 2.45) is 5.92 Å². The topological polar surface area (TPSA) is 92.5 Å². The number of piperidine rings is 1. The number of rotatable bonds is 7. The quantitative estimate of drug-likeness (QED) is 0.391. The monoisotopic (exact) mass is 506 g/mol. The van der Waals surface area contributed by atoms with Gasteiger partial charge < -0.3 is 20.3 Å². The molecule has 9 nitrogen and oxygen atoms in total. The van der Waals surface area contributed by atoms with Crippen LogP contribution in [0.15, 0.2) is 30.5 Å². The Hall–Kier alpha value is -3.01. The van der Waals surface area contributed by atoms with Crippen molar-refractivity contribution in [2.45, 2.75) is 25.7 Å². The molecule has 10 heteroatoms. The molecule has 2 N–H and O–H groups in total. The predicted octanol–water partition coefficient (Wildman–Crippen LogP) is 3.80. The lowest BCUT2D eigenvalue weighted by molar-refractivity contribution is 0.205. The van der Waals surface area contributed by atoms with Crippen molar-refractivity contribution in [1.29, 1.82) is 0 Å². The molecule has 3 aromatic heterocycles. The average molecular weight is 507 g/mol. The Labute approximate surface area is 215 Å². The molecular formula is C26H31ClN8O. The summed E-state index contributed by atoms with van der Waals surface area (Å²) in [5, 5.41) is 22.5. The lowest BCUT2D eigenvalue weighted by Crippen LogP contribution is -2.33. The highest BCUT2D eigenvalue weighted by molar-refractivity contribution is 6.35. The number of hydrogen-bond acceptors (Lipinski definition) is 8. The number of halogens is 1. The third kappa shape index (κ3) is 4.36. The standard InChI is InChI=1S/C26H31ClN8O/c1-36-14-13-34-12-2-3-19-23(34)16-30-35-25(19)32-33-26(35)22-6-4-18-20(27)5-7-21(24(18)31-22)29-15-17-8-10-28-11-9-17/h4-7,16-17,28-29H,2-3,8-15H2,1H3. The summed E-state index contributed by atoms with van der Waals surface area (Å²) in [5.74, 6) is 1.28. The van der Waals surface area contributed by atoms with Crippen molar-refractivity contribution in [3.8, 4) is 11.5 Å². The Morgan fingerprint density at radius 2 is 2.06 bits per heavy atom. The van der Waals surface area contributed by atoms with Crippen LogP contribution < -0.4 is 15.5 Å². The van der Waals surface area contributed by atoms with Crippen LogP contribution in [-0.2, 0) is 11.2 Å². The molecule has 0 aliphatic carbocycles. The molecule has 0 amide bonds. The van der Waals surface area contributed by atoms with Gasteiger partial charge in [0.25, 0.3) is 0 Å². The predicted molar refractivity (Wildman–Crippen MR) is 143 cm³/mol. The first kappa shape index (κ1) is 23.4. The Morgan fingerprint density at radius 1 is 1.17 bits per heavy atom. The van der Waals surface area contributed by atoms with Gasteiger partial charge in [-0.3, -0.25) is 0 Å². The maximum atomic E-state index is 6.54. The largest absolute Gasteiger partial charge is 0.383 e. The van der Waals surface area contributed by atoms with Crippen molar-refractivity contribution in [3.63, 3.8) is 0 Å². The summed E-state index contributed by atoms with van der Waals surface area (Å²) in [4.78, 5) is 7.33. The molecule has 0 spiro atoms. The van der Waals surface area contributed by atoms with E-state index in [1.54, 1.807) is 7.11 Å². The minimum absolute atomic E-state index is 0.632. The lowest BCUT2D eigenvalue weighted by atomic mass is 9.98. The summed E-state index contributed by atoms with van der Waals surface area (Å²) in [6.45, 7) is 5.59. The van der Waals surface area contributed by atoms with E-state index in [-0.39, 0.29) is 0 Å². The highest BCUT2D eigenvalue weighted by Gasteiger charge is 2.23. The van der Waals surface area contributed by atoms with Gasteiger partial charge >= 0.3 is 0 Å². The highest BCUT2D eigenvalue weighted by Crippen LogP contribution is 2.33. The van der Waals surface area contributed by atoms with E-state index in [2.05, 4.69) is 25.7 Å². The SMILES string of the molecule is COCCN1CCCc2c1cnn1c(-c3ccc4c(Cl)ccc(NCC5CCNCC5)c4n3)nnc21. The number of fused-ring (bicyclic) bond motifs is 4. The molecule has 188 valence electrons. The molecular weight excluding hydrogens is 476 g/mol.